The number of rotatable bonds is 4. The molecule has 0 spiro atoms. The summed E-state index contributed by atoms with van der Waals surface area (Å²) in [5.41, 5.74) is 0. The zero-order chi connectivity index (χ0) is 14.3. The largest absolute Gasteiger partial charge is 0.342 e. The molecule has 0 radical (unpaired) electrons. The zero-order valence-corrected chi connectivity index (χ0v) is 12.1. The third-order valence-electron chi connectivity index (χ3n) is 3.37. The molecule has 5 heteroatoms. The number of hydrogen-bond acceptors (Lipinski definition) is 3. The van der Waals surface area contributed by atoms with Crippen LogP contribution in [0.1, 0.15) is 20.8 Å². The van der Waals surface area contributed by atoms with Gasteiger partial charge in [0.05, 0.1) is 6.54 Å². The van der Waals surface area contributed by atoms with Gasteiger partial charge in [0.15, 0.2) is 0 Å². The lowest BCUT2D eigenvalue weighted by atomic mass is 10.3. The molecule has 1 fully saturated rings. The van der Waals surface area contributed by atoms with Gasteiger partial charge in [-0.1, -0.05) is 5.92 Å². The molecule has 0 saturated carbocycles. The summed E-state index contributed by atoms with van der Waals surface area (Å²) < 4.78 is 0. The van der Waals surface area contributed by atoms with Gasteiger partial charge < -0.3 is 9.80 Å². The fraction of sp³-hybridized carbons (Fsp3) is 0.714. The summed E-state index contributed by atoms with van der Waals surface area (Å²) in [6.07, 6.45) is 0. The maximum Gasteiger partial charge on any atom is 0.298 e. The van der Waals surface area contributed by atoms with Crippen LogP contribution in [-0.4, -0.2) is 72.3 Å². The first-order valence-electron chi connectivity index (χ1n) is 6.84. The lowest BCUT2D eigenvalue weighted by Crippen LogP contribution is -2.51. The minimum Gasteiger partial charge on any atom is -0.342 e. The maximum absolute atomic E-state index is 12.0. The highest BCUT2D eigenvalue weighted by molar-refractivity contribution is 5.93. The smallest absolute Gasteiger partial charge is 0.298 e. The Bertz CT molecular complexity index is 372. The number of likely N-dealkylation sites (N-methyl/N-ethyl adjacent to an activating group) is 1. The molecular formula is C14H23N3O2. The summed E-state index contributed by atoms with van der Waals surface area (Å²) in [5.74, 6) is 5.22. The number of piperazine rings is 1. The number of hydrogen-bond donors (Lipinski definition) is 0. The molecule has 1 rings (SSSR count). The van der Waals surface area contributed by atoms with Gasteiger partial charge in [-0.15, -0.1) is 0 Å². The molecule has 0 bridgehead atoms. The quantitative estimate of drug-likeness (QED) is 0.673. The van der Waals surface area contributed by atoms with Gasteiger partial charge in [-0.25, -0.2) is 0 Å². The van der Waals surface area contributed by atoms with E-state index in [1.807, 2.05) is 18.7 Å². The summed E-state index contributed by atoms with van der Waals surface area (Å²) in [7, 11) is 0. The van der Waals surface area contributed by atoms with Gasteiger partial charge in [0, 0.05) is 39.3 Å². The molecule has 0 aromatic heterocycles. The van der Waals surface area contributed by atoms with E-state index in [1.54, 1.807) is 11.8 Å². The van der Waals surface area contributed by atoms with Gasteiger partial charge >= 0.3 is 0 Å². The van der Waals surface area contributed by atoms with E-state index in [9.17, 15) is 9.59 Å². The predicted octanol–water partition coefficient (Wildman–Crippen LogP) is 0.0223. The van der Waals surface area contributed by atoms with E-state index in [4.69, 9.17) is 0 Å². The SMILES string of the molecule is CC#CC(=O)N1CCN(CC(=O)N(CC)CC)CC1. The van der Waals surface area contributed by atoms with Crippen molar-refractivity contribution >= 4 is 11.8 Å². The van der Waals surface area contributed by atoms with E-state index in [2.05, 4.69) is 16.7 Å². The van der Waals surface area contributed by atoms with Gasteiger partial charge in [0.2, 0.25) is 5.91 Å². The first kappa shape index (κ1) is 15.5. The molecule has 1 aliphatic heterocycles. The molecule has 0 atom stereocenters. The molecule has 0 unspecified atom stereocenters. The standard InChI is InChI=1S/C14H23N3O2/c1-4-7-13(18)17-10-8-15(9-11-17)12-14(19)16(5-2)6-3/h5-6,8-12H2,1-3H3. The molecule has 106 valence electrons. The molecule has 0 aliphatic carbocycles. The molecule has 5 nitrogen and oxygen atoms in total. The van der Waals surface area contributed by atoms with Crippen LogP contribution in [0.15, 0.2) is 0 Å². The van der Waals surface area contributed by atoms with Gasteiger partial charge in [0.25, 0.3) is 5.91 Å². The maximum atomic E-state index is 12.0. The van der Waals surface area contributed by atoms with Gasteiger partial charge in [-0.2, -0.15) is 0 Å². The Hall–Kier alpha value is -1.54. The van der Waals surface area contributed by atoms with Crippen LogP contribution in [0, 0.1) is 11.8 Å². The Labute approximate surface area is 115 Å². The lowest BCUT2D eigenvalue weighted by Gasteiger charge is -2.34. The summed E-state index contributed by atoms with van der Waals surface area (Å²) in [4.78, 5) is 29.2. The second-order valence-corrected chi connectivity index (χ2v) is 4.51. The summed E-state index contributed by atoms with van der Waals surface area (Å²) >= 11 is 0. The lowest BCUT2D eigenvalue weighted by molar-refractivity contribution is -0.133. The van der Waals surface area contributed by atoms with Crippen molar-refractivity contribution in [2.45, 2.75) is 20.8 Å². The molecule has 1 heterocycles. The van der Waals surface area contributed by atoms with E-state index in [-0.39, 0.29) is 11.8 Å². The Morgan fingerprint density at radius 1 is 1.11 bits per heavy atom. The fourth-order valence-electron chi connectivity index (χ4n) is 2.16. The topological polar surface area (TPSA) is 43.9 Å². The Morgan fingerprint density at radius 2 is 1.68 bits per heavy atom. The summed E-state index contributed by atoms with van der Waals surface area (Å²) in [6, 6.07) is 0. The van der Waals surface area contributed by atoms with Crippen LogP contribution in [0.3, 0.4) is 0 Å². The van der Waals surface area contributed by atoms with E-state index in [0.29, 0.717) is 19.6 Å². The molecule has 0 aromatic carbocycles. The van der Waals surface area contributed by atoms with Crippen LogP contribution in [-0.2, 0) is 9.59 Å². The highest BCUT2D eigenvalue weighted by Gasteiger charge is 2.22. The number of amides is 2. The third kappa shape index (κ3) is 4.56. The molecule has 2 amide bonds. The van der Waals surface area contributed by atoms with Crippen LogP contribution in [0.4, 0.5) is 0 Å². The van der Waals surface area contributed by atoms with Crippen LogP contribution in [0.25, 0.3) is 0 Å². The molecular weight excluding hydrogens is 242 g/mol. The number of carbonyl (C=O) groups is 2. The average Bonchev–Trinajstić information content (AvgIpc) is 2.41. The van der Waals surface area contributed by atoms with Crippen molar-refractivity contribution in [1.82, 2.24) is 14.7 Å². The second kappa shape index (κ2) is 7.80. The van der Waals surface area contributed by atoms with E-state index in [0.717, 1.165) is 26.2 Å². The second-order valence-electron chi connectivity index (χ2n) is 4.51. The average molecular weight is 265 g/mol. The molecule has 0 N–H and O–H groups in total. The van der Waals surface area contributed by atoms with Crippen LogP contribution < -0.4 is 0 Å². The van der Waals surface area contributed by atoms with Crippen molar-refractivity contribution in [1.29, 1.82) is 0 Å². The highest BCUT2D eigenvalue weighted by atomic mass is 16.2. The normalized spacial score (nSPS) is 15.6. The number of carbonyl (C=O) groups excluding carboxylic acids is 2. The van der Waals surface area contributed by atoms with E-state index < -0.39 is 0 Å². The zero-order valence-electron chi connectivity index (χ0n) is 12.1. The van der Waals surface area contributed by atoms with Crippen LogP contribution in [0.5, 0.6) is 0 Å². The fourth-order valence-corrected chi connectivity index (χ4v) is 2.16. The summed E-state index contributed by atoms with van der Waals surface area (Å²) in [6.45, 7) is 10.4. The predicted molar refractivity (Wildman–Crippen MR) is 74.4 cm³/mol. The van der Waals surface area contributed by atoms with E-state index in [1.165, 1.54) is 0 Å². The molecule has 1 saturated heterocycles. The van der Waals surface area contributed by atoms with Gasteiger partial charge in [-0.05, 0) is 26.7 Å². The van der Waals surface area contributed by atoms with Crippen molar-refractivity contribution in [2.75, 3.05) is 45.8 Å². The van der Waals surface area contributed by atoms with Crippen LogP contribution in [0.2, 0.25) is 0 Å². The molecule has 1 aliphatic rings. The third-order valence-corrected chi connectivity index (χ3v) is 3.37. The number of nitrogens with zero attached hydrogens (tertiary/aromatic N) is 3. The van der Waals surface area contributed by atoms with Gasteiger partial charge in [0.1, 0.15) is 0 Å². The van der Waals surface area contributed by atoms with Crippen LogP contribution >= 0.6 is 0 Å². The Morgan fingerprint density at radius 3 is 2.16 bits per heavy atom. The highest BCUT2D eigenvalue weighted by Crippen LogP contribution is 2.03. The van der Waals surface area contributed by atoms with Crippen molar-refractivity contribution in [2.24, 2.45) is 0 Å². The van der Waals surface area contributed by atoms with Crippen molar-refractivity contribution < 1.29 is 9.59 Å². The first-order chi connectivity index (χ1) is 9.12. The molecule has 0 aromatic rings. The van der Waals surface area contributed by atoms with Gasteiger partial charge in [-0.3, -0.25) is 14.5 Å². The Kier molecular flexibility index (Phi) is 6.37. The minimum atomic E-state index is -0.114. The Balaban J connectivity index is 2.39. The van der Waals surface area contributed by atoms with Crippen molar-refractivity contribution in [3.05, 3.63) is 0 Å². The monoisotopic (exact) mass is 265 g/mol. The van der Waals surface area contributed by atoms with Crippen molar-refractivity contribution in [3.63, 3.8) is 0 Å². The first-order valence-corrected chi connectivity index (χ1v) is 6.84. The molecule has 19 heavy (non-hydrogen) atoms. The minimum absolute atomic E-state index is 0.114. The summed E-state index contributed by atoms with van der Waals surface area (Å²) in [5, 5.41) is 0. The van der Waals surface area contributed by atoms with Crippen molar-refractivity contribution in [3.8, 4) is 11.8 Å². The van der Waals surface area contributed by atoms with E-state index >= 15 is 0 Å².